The first-order valence-electron chi connectivity index (χ1n) is 11.1. The lowest BCUT2D eigenvalue weighted by Crippen LogP contribution is -2.32. The van der Waals surface area contributed by atoms with E-state index >= 15 is 0 Å². The van der Waals surface area contributed by atoms with Crippen LogP contribution in [0.1, 0.15) is 31.2 Å². The number of ether oxygens (including phenoxy) is 1. The van der Waals surface area contributed by atoms with Crippen LogP contribution in [0.25, 0.3) is 16.8 Å². The fourth-order valence-corrected chi connectivity index (χ4v) is 4.23. The zero-order valence-electron chi connectivity index (χ0n) is 18.2. The van der Waals surface area contributed by atoms with E-state index in [0.29, 0.717) is 5.88 Å². The average Bonchev–Trinajstić information content (AvgIpc) is 3.27. The van der Waals surface area contributed by atoms with Crippen LogP contribution in [0.3, 0.4) is 0 Å². The molecule has 2 aromatic carbocycles. The number of nitrogens with two attached hydrogens (primary N) is 2. The quantitative estimate of drug-likeness (QED) is 0.399. The summed E-state index contributed by atoms with van der Waals surface area (Å²) in [6.07, 6.45) is 5.80. The molecular weight excluding hydrogens is 400 g/mol. The van der Waals surface area contributed by atoms with E-state index in [0.717, 1.165) is 65.2 Å². The molecule has 2 aromatic heterocycles. The summed E-state index contributed by atoms with van der Waals surface area (Å²) >= 11 is 0. The Bertz CT molecular complexity index is 1230. The Labute approximate surface area is 187 Å². The number of nitrogens with one attached hydrogen (secondary N) is 1. The standard InChI is InChI=1S/C25H28N6O/c1-16-24(29-21-9-5-17(6-10-21)18-3-2-4-20(27)15-18)31-23(13-14-28-31)30-25(16)32-22-11-7-19(26)8-12-22/h2-6,9-10,13-15,19,22,29H,7-8,11-12,26-27H2,1H3. The minimum absolute atomic E-state index is 0.150. The lowest BCUT2D eigenvalue weighted by atomic mass is 9.94. The van der Waals surface area contributed by atoms with Crippen molar-refractivity contribution in [3.63, 3.8) is 0 Å². The topological polar surface area (TPSA) is 103 Å². The third-order valence-electron chi connectivity index (χ3n) is 6.09. The predicted molar refractivity (Wildman–Crippen MR) is 128 cm³/mol. The second-order valence-corrected chi connectivity index (χ2v) is 8.47. The fraction of sp³-hybridized carbons (Fsp3) is 0.280. The minimum Gasteiger partial charge on any atom is -0.474 e. The lowest BCUT2D eigenvalue weighted by molar-refractivity contribution is 0.140. The zero-order chi connectivity index (χ0) is 22.1. The van der Waals surface area contributed by atoms with Gasteiger partial charge in [0.05, 0.1) is 11.8 Å². The molecule has 1 fully saturated rings. The number of nitrogens with zero attached hydrogens (tertiary/aromatic N) is 3. The SMILES string of the molecule is Cc1c(OC2CCC(N)CC2)nc2ccnn2c1Nc1ccc(-c2cccc(N)c2)cc1. The summed E-state index contributed by atoms with van der Waals surface area (Å²) < 4.78 is 8.13. The Morgan fingerprint density at radius 3 is 2.53 bits per heavy atom. The molecule has 0 aliphatic heterocycles. The predicted octanol–water partition coefficient (Wildman–Crippen LogP) is 4.68. The molecule has 0 saturated heterocycles. The summed E-state index contributed by atoms with van der Waals surface area (Å²) in [4.78, 5) is 4.71. The van der Waals surface area contributed by atoms with Gasteiger partial charge in [-0.05, 0) is 68.0 Å². The van der Waals surface area contributed by atoms with E-state index in [2.05, 4.69) is 40.7 Å². The first kappa shape index (κ1) is 20.3. The molecule has 1 aliphatic rings. The van der Waals surface area contributed by atoms with E-state index < -0.39 is 0 Å². The number of benzene rings is 2. The van der Waals surface area contributed by atoms with Crippen LogP contribution in [0.4, 0.5) is 17.2 Å². The molecule has 1 aliphatic carbocycles. The van der Waals surface area contributed by atoms with Gasteiger partial charge in [0, 0.05) is 23.5 Å². The largest absolute Gasteiger partial charge is 0.474 e. The molecule has 0 bridgehead atoms. The summed E-state index contributed by atoms with van der Waals surface area (Å²) in [5.74, 6) is 1.50. The summed E-state index contributed by atoms with van der Waals surface area (Å²) in [5, 5.41) is 7.97. The Morgan fingerprint density at radius 1 is 1.00 bits per heavy atom. The van der Waals surface area contributed by atoms with Crippen molar-refractivity contribution in [3.8, 4) is 17.0 Å². The molecule has 2 heterocycles. The molecule has 0 unspecified atom stereocenters. The van der Waals surface area contributed by atoms with Crippen LogP contribution in [-0.2, 0) is 0 Å². The third-order valence-corrected chi connectivity index (χ3v) is 6.09. The van der Waals surface area contributed by atoms with E-state index in [1.807, 2.05) is 35.7 Å². The highest BCUT2D eigenvalue weighted by Crippen LogP contribution is 2.31. The van der Waals surface area contributed by atoms with Crippen LogP contribution in [-0.4, -0.2) is 26.7 Å². The lowest BCUT2D eigenvalue weighted by Gasteiger charge is -2.27. The average molecular weight is 429 g/mol. The summed E-state index contributed by atoms with van der Waals surface area (Å²) in [6, 6.07) is 18.3. The normalized spacial score (nSPS) is 18.6. The highest BCUT2D eigenvalue weighted by Gasteiger charge is 2.22. The van der Waals surface area contributed by atoms with Crippen molar-refractivity contribution in [2.75, 3.05) is 11.1 Å². The number of hydrogen-bond acceptors (Lipinski definition) is 6. The molecule has 4 aromatic rings. The van der Waals surface area contributed by atoms with Crippen molar-refractivity contribution in [2.45, 2.75) is 44.8 Å². The van der Waals surface area contributed by atoms with E-state index in [4.69, 9.17) is 21.2 Å². The molecule has 0 amide bonds. The molecular formula is C25H28N6O. The summed E-state index contributed by atoms with van der Waals surface area (Å²) in [5.41, 5.74) is 17.6. The number of fused-ring (bicyclic) bond motifs is 1. The molecule has 1 saturated carbocycles. The van der Waals surface area contributed by atoms with Crippen molar-refractivity contribution in [1.82, 2.24) is 14.6 Å². The maximum atomic E-state index is 6.32. The zero-order valence-corrected chi connectivity index (χ0v) is 18.2. The third kappa shape index (κ3) is 4.11. The van der Waals surface area contributed by atoms with Gasteiger partial charge in [0.1, 0.15) is 11.9 Å². The number of anilines is 3. The monoisotopic (exact) mass is 428 g/mol. The van der Waals surface area contributed by atoms with E-state index in [-0.39, 0.29) is 12.1 Å². The number of nitrogen functional groups attached to an aromatic ring is 1. The Kier molecular flexibility index (Phi) is 5.41. The van der Waals surface area contributed by atoms with Gasteiger partial charge in [0.25, 0.3) is 0 Å². The molecule has 0 radical (unpaired) electrons. The van der Waals surface area contributed by atoms with Gasteiger partial charge in [0.2, 0.25) is 5.88 Å². The van der Waals surface area contributed by atoms with Gasteiger partial charge in [-0.15, -0.1) is 0 Å². The molecule has 5 rings (SSSR count). The molecule has 0 atom stereocenters. The molecule has 7 nitrogen and oxygen atoms in total. The smallest absolute Gasteiger partial charge is 0.222 e. The highest BCUT2D eigenvalue weighted by atomic mass is 16.5. The fourth-order valence-electron chi connectivity index (χ4n) is 4.23. The van der Waals surface area contributed by atoms with Gasteiger partial charge in [-0.25, -0.2) is 0 Å². The van der Waals surface area contributed by atoms with Crippen molar-refractivity contribution in [1.29, 1.82) is 0 Å². The number of aromatic nitrogens is 3. The van der Waals surface area contributed by atoms with Crippen LogP contribution in [0.5, 0.6) is 5.88 Å². The van der Waals surface area contributed by atoms with Gasteiger partial charge in [-0.1, -0.05) is 24.3 Å². The van der Waals surface area contributed by atoms with Crippen LogP contribution >= 0.6 is 0 Å². The molecule has 164 valence electrons. The van der Waals surface area contributed by atoms with Crippen LogP contribution in [0, 0.1) is 6.92 Å². The van der Waals surface area contributed by atoms with Crippen molar-refractivity contribution >= 4 is 22.8 Å². The highest BCUT2D eigenvalue weighted by molar-refractivity contribution is 5.71. The van der Waals surface area contributed by atoms with Crippen LogP contribution in [0.2, 0.25) is 0 Å². The van der Waals surface area contributed by atoms with Crippen LogP contribution in [0.15, 0.2) is 60.8 Å². The van der Waals surface area contributed by atoms with E-state index in [9.17, 15) is 0 Å². The minimum atomic E-state index is 0.150. The van der Waals surface area contributed by atoms with Gasteiger partial charge in [-0.2, -0.15) is 14.6 Å². The van der Waals surface area contributed by atoms with Crippen molar-refractivity contribution in [2.24, 2.45) is 5.73 Å². The second kappa shape index (κ2) is 8.51. The van der Waals surface area contributed by atoms with Crippen molar-refractivity contribution < 1.29 is 4.74 Å². The second-order valence-electron chi connectivity index (χ2n) is 8.47. The number of hydrogen-bond donors (Lipinski definition) is 3. The van der Waals surface area contributed by atoms with Gasteiger partial charge < -0.3 is 21.5 Å². The Morgan fingerprint density at radius 2 is 1.78 bits per heavy atom. The van der Waals surface area contributed by atoms with Crippen molar-refractivity contribution in [3.05, 3.63) is 66.4 Å². The van der Waals surface area contributed by atoms with E-state index in [1.165, 1.54) is 0 Å². The Balaban J connectivity index is 1.42. The first-order valence-corrected chi connectivity index (χ1v) is 11.1. The first-order chi connectivity index (χ1) is 15.6. The van der Waals surface area contributed by atoms with Gasteiger partial charge in [-0.3, -0.25) is 0 Å². The molecule has 7 heteroatoms. The number of rotatable bonds is 5. The Hall–Kier alpha value is -3.58. The van der Waals surface area contributed by atoms with Gasteiger partial charge >= 0.3 is 0 Å². The van der Waals surface area contributed by atoms with Crippen LogP contribution < -0.4 is 21.5 Å². The molecule has 32 heavy (non-hydrogen) atoms. The van der Waals surface area contributed by atoms with Gasteiger partial charge in [0.15, 0.2) is 5.65 Å². The maximum absolute atomic E-state index is 6.32. The van der Waals surface area contributed by atoms with E-state index in [1.54, 1.807) is 6.20 Å². The summed E-state index contributed by atoms with van der Waals surface area (Å²) in [7, 11) is 0. The molecule has 5 N–H and O–H groups in total. The summed E-state index contributed by atoms with van der Waals surface area (Å²) in [6.45, 7) is 2.02. The molecule has 0 spiro atoms. The maximum Gasteiger partial charge on any atom is 0.222 e.